The lowest BCUT2D eigenvalue weighted by molar-refractivity contribution is -0.123. The lowest BCUT2D eigenvalue weighted by Gasteiger charge is -2.21. The fraction of sp³-hybridized carbons (Fsp3) is 0.875. The van der Waals surface area contributed by atoms with Crippen LogP contribution in [-0.4, -0.2) is 25.0 Å². The highest BCUT2D eigenvalue weighted by atomic mass is 35.5. The molecule has 1 atom stereocenters. The Hall–Kier alpha value is -0.280. The molecular formula is C8H17ClN2O. The number of amides is 1. The largest absolute Gasteiger partial charge is 0.355 e. The molecule has 0 aromatic carbocycles. The van der Waals surface area contributed by atoms with Crippen molar-refractivity contribution in [1.82, 2.24) is 10.6 Å². The maximum Gasteiger partial charge on any atom is 0.237 e. The molecule has 4 heteroatoms. The fourth-order valence-electron chi connectivity index (χ4n) is 1.37. The van der Waals surface area contributed by atoms with E-state index in [0.717, 1.165) is 19.5 Å². The Bertz CT molecular complexity index is 135. The van der Waals surface area contributed by atoms with Gasteiger partial charge in [0, 0.05) is 6.54 Å². The number of rotatable bonds is 2. The Kier molecular flexibility index (Phi) is 6.11. The highest BCUT2D eigenvalue weighted by Gasteiger charge is 2.18. The van der Waals surface area contributed by atoms with E-state index in [1.807, 2.05) is 6.92 Å². The van der Waals surface area contributed by atoms with Crippen LogP contribution >= 0.6 is 12.4 Å². The maximum absolute atomic E-state index is 11.2. The monoisotopic (exact) mass is 192 g/mol. The Morgan fingerprint density at radius 3 is 2.83 bits per heavy atom. The second kappa shape index (κ2) is 6.26. The molecule has 1 heterocycles. The van der Waals surface area contributed by atoms with Crippen LogP contribution in [0.25, 0.3) is 0 Å². The molecule has 72 valence electrons. The summed E-state index contributed by atoms with van der Waals surface area (Å²) in [6.07, 6.45) is 3.37. The van der Waals surface area contributed by atoms with Crippen molar-refractivity contribution in [2.45, 2.75) is 32.2 Å². The Morgan fingerprint density at radius 1 is 1.58 bits per heavy atom. The lowest BCUT2D eigenvalue weighted by atomic mass is 10.0. The number of piperidine rings is 1. The van der Waals surface area contributed by atoms with Gasteiger partial charge in [-0.15, -0.1) is 12.4 Å². The minimum Gasteiger partial charge on any atom is -0.355 e. The summed E-state index contributed by atoms with van der Waals surface area (Å²) in [6.45, 7) is 3.67. The molecule has 0 radical (unpaired) electrons. The van der Waals surface area contributed by atoms with E-state index >= 15 is 0 Å². The van der Waals surface area contributed by atoms with Crippen LogP contribution in [0.15, 0.2) is 0 Å². The minimum atomic E-state index is 0. The summed E-state index contributed by atoms with van der Waals surface area (Å²) in [7, 11) is 0. The number of hydrogen-bond acceptors (Lipinski definition) is 2. The summed E-state index contributed by atoms with van der Waals surface area (Å²) in [5.74, 6) is 0.159. The Labute approximate surface area is 79.7 Å². The van der Waals surface area contributed by atoms with E-state index in [9.17, 15) is 4.79 Å². The van der Waals surface area contributed by atoms with E-state index in [1.165, 1.54) is 12.8 Å². The summed E-state index contributed by atoms with van der Waals surface area (Å²) >= 11 is 0. The molecular weight excluding hydrogens is 176 g/mol. The second-order valence-corrected chi connectivity index (χ2v) is 2.90. The molecule has 1 aliphatic heterocycles. The molecule has 1 saturated heterocycles. The first-order valence-corrected chi connectivity index (χ1v) is 4.35. The molecule has 2 N–H and O–H groups in total. The van der Waals surface area contributed by atoms with Crippen molar-refractivity contribution in [2.75, 3.05) is 13.1 Å². The fourth-order valence-corrected chi connectivity index (χ4v) is 1.37. The zero-order valence-corrected chi connectivity index (χ0v) is 8.25. The van der Waals surface area contributed by atoms with E-state index in [-0.39, 0.29) is 24.4 Å². The predicted octanol–water partition coefficient (Wildman–Crippen LogP) is 0.686. The van der Waals surface area contributed by atoms with E-state index in [2.05, 4.69) is 10.6 Å². The molecule has 3 nitrogen and oxygen atoms in total. The van der Waals surface area contributed by atoms with Crippen LogP contribution in [-0.2, 0) is 4.79 Å². The number of hydrogen-bond donors (Lipinski definition) is 2. The molecule has 1 rings (SSSR count). The highest BCUT2D eigenvalue weighted by Crippen LogP contribution is 2.06. The average Bonchev–Trinajstić information content (AvgIpc) is 2.07. The molecule has 0 saturated carbocycles. The molecule has 0 aromatic heterocycles. The first-order chi connectivity index (χ1) is 5.34. The molecule has 0 aliphatic carbocycles. The van der Waals surface area contributed by atoms with Crippen molar-refractivity contribution >= 4 is 18.3 Å². The molecule has 1 amide bonds. The SMILES string of the molecule is CCNC(=O)C1CCCCN1.Cl. The molecule has 0 spiro atoms. The molecule has 0 aromatic rings. The third-order valence-electron chi connectivity index (χ3n) is 1.98. The van der Waals surface area contributed by atoms with Gasteiger partial charge in [0.2, 0.25) is 5.91 Å². The number of carbonyl (C=O) groups is 1. The third-order valence-corrected chi connectivity index (χ3v) is 1.98. The van der Waals surface area contributed by atoms with Crippen molar-refractivity contribution in [3.63, 3.8) is 0 Å². The van der Waals surface area contributed by atoms with Crippen LogP contribution < -0.4 is 10.6 Å². The van der Waals surface area contributed by atoms with Crippen LogP contribution in [0.1, 0.15) is 26.2 Å². The summed E-state index contributed by atoms with van der Waals surface area (Å²) in [6, 6.07) is 0.0729. The van der Waals surface area contributed by atoms with Gasteiger partial charge in [-0.3, -0.25) is 4.79 Å². The predicted molar refractivity (Wildman–Crippen MR) is 51.6 cm³/mol. The van der Waals surface area contributed by atoms with Crippen molar-refractivity contribution in [2.24, 2.45) is 0 Å². The van der Waals surface area contributed by atoms with E-state index in [4.69, 9.17) is 0 Å². The van der Waals surface area contributed by atoms with Gasteiger partial charge in [0.25, 0.3) is 0 Å². The topological polar surface area (TPSA) is 41.1 Å². The summed E-state index contributed by atoms with van der Waals surface area (Å²) in [5, 5.41) is 6.01. The van der Waals surface area contributed by atoms with Crippen molar-refractivity contribution in [3.05, 3.63) is 0 Å². The molecule has 1 unspecified atom stereocenters. The third kappa shape index (κ3) is 3.41. The first kappa shape index (κ1) is 11.7. The number of carbonyl (C=O) groups excluding carboxylic acids is 1. The van der Waals surface area contributed by atoms with Gasteiger partial charge in [0.15, 0.2) is 0 Å². The van der Waals surface area contributed by atoms with Crippen LogP contribution in [0.3, 0.4) is 0 Å². The number of halogens is 1. The second-order valence-electron chi connectivity index (χ2n) is 2.90. The standard InChI is InChI=1S/C8H16N2O.ClH/c1-2-9-8(11)7-5-3-4-6-10-7;/h7,10H,2-6H2,1H3,(H,9,11);1H. The van der Waals surface area contributed by atoms with Crippen LogP contribution in [0.5, 0.6) is 0 Å². The smallest absolute Gasteiger partial charge is 0.237 e. The van der Waals surface area contributed by atoms with Gasteiger partial charge in [0.05, 0.1) is 6.04 Å². The van der Waals surface area contributed by atoms with Gasteiger partial charge in [-0.25, -0.2) is 0 Å². The maximum atomic E-state index is 11.2. The zero-order valence-electron chi connectivity index (χ0n) is 7.43. The molecule has 1 fully saturated rings. The van der Waals surface area contributed by atoms with E-state index < -0.39 is 0 Å². The normalized spacial score (nSPS) is 22.6. The van der Waals surface area contributed by atoms with Crippen LogP contribution in [0.4, 0.5) is 0 Å². The minimum absolute atomic E-state index is 0. The van der Waals surface area contributed by atoms with E-state index in [0.29, 0.717) is 0 Å². The Morgan fingerprint density at radius 2 is 2.33 bits per heavy atom. The van der Waals surface area contributed by atoms with Gasteiger partial charge < -0.3 is 10.6 Å². The van der Waals surface area contributed by atoms with Crippen molar-refractivity contribution in [3.8, 4) is 0 Å². The summed E-state index contributed by atoms with van der Waals surface area (Å²) in [4.78, 5) is 11.2. The summed E-state index contributed by atoms with van der Waals surface area (Å²) < 4.78 is 0. The molecule has 12 heavy (non-hydrogen) atoms. The highest BCUT2D eigenvalue weighted by molar-refractivity contribution is 5.85. The van der Waals surface area contributed by atoms with Gasteiger partial charge in [0.1, 0.15) is 0 Å². The molecule has 1 aliphatic rings. The number of likely N-dealkylation sites (N-methyl/N-ethyl adjacent to an activating group) is 1. The van der Waals surface area contributed by atoms with Gasteiger partial charge in [-0.1, -0.05) is 6.42 Å². The average molecular weight is 193 g/mol. The summed E-state index contributed by atoms with van der Waals surface area (Å²) in [5.41, 5.74) is 0. The van der Waals surface area contributed by atoms with Crippen molar-refractivity contribution < 1.29 is 4.79 Å². The van der Waals surface area contributed by atoms with Crippen LogP contribution in [0, 0.1) is 0 Å². The first-order valence-electron chi connectivity index (χ1n) is 4.35. The van der Waals surface area contributed by atoms with Gasteiger partial charge in [-0.05, 0) is 26.3 Å². The van der Waals surface area contributed by atoms with E-state index in [1.54, 1.807) is 0 Å². The quantitative estimate of drug-likeness (QED) is 0.676. The Balaban J connectivity index is 0.00000121. The van der Waals surface area contributed by atoms with Gasteiger partial charge in [-0.2, -0.15) is 0 Å². The number of nitrogens with one attached hydrogen (secondary N) is 2. The van der Waals surface area contributed by atoms with Gasteiger partial charge >= 0.3 is 0 Å². The lowest BCUT2D eigenvalue weighted by Crippen LogP contribution is -2.46. The molecule has 0 bridgehead atoms. The zero-order chi connectivity index (χ0) is 8.10. The van der Waals surface area contributed by atoms with Crippen LogP contribution in [0.2, 0.25) is 0 Å². The van der Waals surface area contributed by atoms with Crippen molar-refractivity contribution in [1.29, 1.82) is 0 Å².